The molecule has 0 atom stereocenters. The van der Waals surface area contributed by atoms with E-state index in [0.29, 0.717) is 0 Å². The van der Waals surface area contributed by atoms with Crippen molar-refractivity contribution in [3.8, 4) is 5.75 Å². The molecule has 2 rings (SSSR count). The lowest BCUT2D eigenvalue weighted by Crippen LogP contribution is -1.98. The minimum Gasteiger partial charge on any atom is -0.493 e. The fourth-order valence-corrected chi connectivity index (χ4v) is 2.87. The molecule has 1 nitrogen and oxygen atoms in total. The van der Waals surface area contributed by atoms with Crippen LogP contribution in [0.5, 0.6) is 5.75 Å². The van der Waals surface area contributed by atoms with Crippen molar-refractivity contribution in [1.29, 1.82) is 0 Å². The molecule has 0 heterocycles. The monoisotopic (exact) mass is 352 g/mol. The van der Waals surface area contributed by atoms with E-state index in [1.54, 1.807) is 0 Å². The van der Waals surface area contributed by atoms with Gasteiger partial charge in [-0.3, -0.25) is 0 Å². The molecule has 0 unspecified atom stereocenters. The molecule has 0 aliphatic heterocycles. The number of thiocarbonyl (C=S) groups is 1. The fraction of sp³-hybridized carbons (Fsp3) is 0.348. The first-order valence-electron chi connectivity index (χ1n) is 9.27. The lowest BCUT2D eigenvalue weighted by molar-refractivity contribution is 0.305. The van der Waals surface area contributed by atoms with Gasteiger partial charge in [0.2, 0.25) is 0 Å². The van der Waals surface area contributed by atoms with Crippen molar-refractivity contribution in [2.75, 3.05) is 6.61 Å². The molecule has 0 N–H and O–H groups in total. The Kier molecular flexibility index (Phi) is 8.41. The van der Waals surface area contributed by atoms with Gasteiger partial charge in [0.1, 0.15) is 5.75 Å². The van der Waals surface area contributed by atoms with Gasteiger partial charge in [0.05, 0.1) is 6.61 Å². The van der Waals surface area contributed by atoms with E-state index >= 15 is 0 Å². The third kappa shape index (κ3) is 6.47. The summed E-state index contributed by atoms with van der Waals surface area (Å²) in [5.41, 5.74) is 3.53. The second-order valence-corrected chi connectivity index (χ2v) is 6.68. The molecule has 0 amide bonds. The molecule has 0 aromatic heterocycles. The largest absolute Gasteiger partial charge is 0.493 e. The zero-order valence-electron chi connectivity index (χ0n) is 15.3. The van der Waals surface area contributed by atoms with Gasteiger partial charge >= 0.3 is 0 Å². The van der Waals surface area contributed by atoms with Crippen LogP contribution < -0.4 is 4.74 Å². The van der Waals surface area contributed by atoms with Crippen LogP contribution in [0.1, 0.15) is 56.2 Å². The summed E-state index contributed by atoms with van der Waals surface area (Å²) in [6.07, 6.45) is 9.84. The molecule has 0 saturated heterocycles. The molecule has 25 heavy (non-hydrogen) atoms. The Labute approximate surface area is 157 Å². The van der Waals surface area contributed by atoms with Gasteiger partial charge in [-0.15, -0.1) is 0 Å². The molecule has 0 bridgehead atoms. The number of rotatable bonds is 10. The first-order valence-corrected chi connectivity index (χ1v) is 9.68. The standard InChI is InChI=1S/C23H28OS/c1-3-5-8-18-24-22-11-7-6-10-20(22)16-17-23(25)21-14-12-19(9-4-2)13-15-21/h6-7,10-17H,3-5,8-9,18H2,1-2H3. The summed E-state index contributed by atoms with van der Waals surface area (Å²) >= 11 is 5.57. The van der Waals surface area contributed by atoms with Gasteiger partial charge < -0.3 is 4.74 Å². The number of hydrogen-bond acceptors (Lipinski definition) is 2. The highest BCUT2D eigenvalue weighted by molar-refractivity contribution is 7.81. The molecule has 132 valence electrons. The molecule has 0 aliphatic rings. The molecular formula is C23H28OS. The average molecular weight is 353 g/mol. The highest BCUT2D eigenvalue weighted by Gasteiger charge is 2.02. The minimum atomic E-state index is 0.766. The van der Waals surface area contributed by atoms with Crippen LogP contribution in [0.2, 0.25) is 0 Å². The Morgan fingerprint density at radius 1 is 0.960 bits per heavy atom. The quantitative estimate of drug-likeness (QED) is 0.205. The van der Waals surface area contributed by atoms with E-state index in [1.807, 2.05) is 24.3 Å². The van der Waals surface area contributed by atoms with Gasteiger partial charge in [-0.2, -0.15) is 0 Å². The molecule has 0 spiro atoms. The molecule has 0 fully saturated rings. The number of aryl methyl sites for hydroxylation is 1. The zero-order valence-corrected chi connectivity index (χ0v) is 16.1. The molecule has 0 aliphatic carbocycles. The summed E-state index contributed by atoms with van der Waals surface area (Å²) in [7, 11) is 0. The van der Waals surface area contributed by atoms with Crippen molar-refractivity contribution in [3.05, 3.63) is 71.3 Å². The second kappa shape index (κ2) is 10.8. The van der Waals surface area contributed by atoms with Gasteiger partial charge in [-0.25, -0.2) is 0 Å². The summed E-state index contributed by atoms with van der Waals surface area (Å²) in [6.45, 7) is 5.16. The van der Waals surface area contributed by atoms with Gasteiger partial charge in [-0.05, 0) is 42.2 Å². The molecule has 0 radical (unpaired) electrons. The van der Waals surface area contributed by atoms with Crippen LogP contribution in [0, 0.1) is 0 Å². The highest BCUT2D eigenvalue weighted by atomic mass is 32.1. The fourth-order valence-electron chi connectivity index (χ4n) is 2.67. The van der Waals surface area contributed by atoms with Crippen LogP contribution in [0.4, 0.5) is 0 Å². The Morgan fingerprint density at radius 2 is 1.72 bits per heavy atom. The summed E-state index contributed by atoms with van der Waals surface area (Å²) in [6, 6.07) is 16.7. The maximum absolute atomic E-state index is 5.93. The summed E-state index contributed by atoms with van der Waals surface area (Å²) < 4.78 is 5.93. The van der Waals surface area contributed by atoms with Crippen molar-refractivity contribution in [2.45, 2.75) is 46.0 Å². The van der Waals surface area contributed by atoms with E-state index in [9.17, 15) is 0 Å². The lowest BCUT2D eigenvalue weighted by atomic mass is 10.1. The van der Waals surface area contributed by atoms with Crippen molar-refractivity contribution < 1.29 is 4.74 Å². The molecule has 0 saturated carbocycles. The normalized spacial score (nSPS) is 11.0. The van der Waals surface area contributed by atoms with E-state index in [1.165, 1.54) is 24.8 Å². The van der Waals surface area contributed by atoms with Crippen molar-refractivity contribution in [3.63, 3.8) is 0 Å². The number of para-hydroxylation sites is 1. The van der Waals surface area contributed by atoms with Crippen LogP contribution in [0.25, 0.3) is 6.08 Å². The van der Waals surface area contributed by atoms with E-state index in [4.69, 9.17) is 17.0 Å². The highest BCUT2D eigenvalue weighted by Crippen LogP contribution is 2.20. The smallest absolute Gasteiger partial charge is 0.126 e. The average Bonchev–Trinajstić information content (AvgIpc) is 2.65. The first-order chi connectivity index (χ1) is 12.2. The van der Waals surface area contributed by atoms with Gasteiger partial charge in [0.25, 0.3) is 0 Å². The maximum Gasteiger partial charge on any atom is 0.126 e. The van der Waals surface area contributed by atoms with Crippen molar-refractivity contribution in [2.24, 2.45) is 0 Å². The topological polar surface area (TPSA) is 9.23 Å². The molecular weight excluding hydrogens is 324 g/mol. The Morgan fingerprint density at radius 3 is 2.44 bits per heavy atom. The van der Waals surface area contributed by atoms with Crippen LogP contribution in [0.15, 0.2) is 54.6 Å². The molecule has 2 heteroatoms. The third-order valence-corrected chi connectivity index (χ3v) is 4.49. The zero-order chi connectivity index (χ0) is 17.9. The molecule has 2 aromatic rings. The predicted molar refractivity (Wildman–Crippen MR) is 113 cm³/mol. The van der Waals surface area contributed by atoms with E-state index in [0.717, 1.165) is 41.2 Å². The number of benzene rings is 2. The van der Waals surface area contributed by atoms with Gasteiger partial charge in [0.15, 0.2) is 0 Å². The van der Waals surface area contributed by atoms with E-state index < -0.39 is 0 Å². The van der Waals surface area contributed by atoms with E-state index in [2.05, 4.69) is 50.3 Å². The Balaban J connectivity index is 2.01. The van der Waals surface area contributed by atoms with Gasteiger partial charge in [0, 0.05) is 10.4 Å². The maximum atomic E-state index is 5.93. The van der Waals surface area contributed by atoms with E-state index in [-0.39, 0.29) is 0 Å². The SMILES string of the molecule is CCCCCOc1ccccc1C=CC(=S)c1ccc(CCC)cc1. The summed E-state index contributed by atoms with van der Waals surface area (Å²) in [4.78, 5) is 0.851. The van der Waals surface area contributed by atoms with Crippen LogP contribution in [-0.4, -0.2) is 11.5 Å². The van der Waals surface area contributed by atoms with Crippen LogP contribution >= 0.6 is 12.2 Å². The Hall–Kier alpha value is -1.93. The van der Waals surface area contributed by atoms with Crippen molar-refractivity contribution in [1.82, 2.24) is 0 Å². The summed E-state index contributed by atoms with van der Waals surface area (Å²) in [5.74, 6) is 0.927. The second-order valence-electron chi connectivity index (χ2n) is 6.24. The first kappa shape index (κ1) is 19.4. The molecule has 2 aromatic carbocycles. The predicted octanol–water partition coefficient (Wildman–Crippen LogP) is 6.64. The summed E-state index contributed by atoms with van der Waals surface area (Å²) in [5, 5.41) is 0. The third-order valence-electron chi connectivity index (χ3n) is 4.12. The Bertz CT molecular complexity index is 685. The number of hydrogen-bond donors (Lipinski definition) is 0. The number of ether oxygens (including phenoxy) is 1. The minimum absolute atomic E-state index is 0.766. The number of allylic oxidation sites excluding steroid dienone is 1. The van der Waals surface area contributed by atoms with Crippen molar-refractivity contribution >= 4 is 23.2 Å². The number of unbranched alkanes of at least 4 members (excludes halogenated alkanes) is 2. The van der Waals surface area contributed by atoms with Gasteiger partial charge in [-0.1, -0.05) is 87.8 Å². The van der Waals surface area contributed by atoms with Crippen LogP contribution in [-0.2, 0) is 6.42 Å². The van der Waals surface area contributed by atoms with Crippen LogP contribution in [0.3, 0.4) is 0 Å². The lowest BCUT2D eigenvalue weighted by Gasteiger charge is -2.09.